The van der Waals surface area contributed by atoms with Gasteiger partial charge in [-0.05, 0) is 56.8 Å². The second-order valence-electron chi connectivity index (χ2n) is 7.84. The minimum absolute atomic E-state index is 0. The summed E-state index contributed by atoms with van der Waals surface area (Å²) in [7, 11) is 0. The lowest BCUT2D eigenvalue weighted by Gasteiger charge is -2.20. The first-order valence-corrected chi connectivity index (χ1v) is 9.99. The number of halogens is 2. The van der Waals surface area contributed by atoms with Gasteiger partial charge in [-0.15, -0.1) is 29.9 Å². The minimum atomic E-state index is -0.00937. The standard InChI is InChI=1S/C21H24N6O.2ClH/c1-14-19(21(28)26-10-7-16-12-22-13-17(16)8-11-26)24-25-27(14)18-6-2-4-15-5-3-9-23-20(15)18;;/h2-6,9,16-17,22H,7-8,10-13H2,1H3;2*1H/t16-,17+;;. The van der Waals surface area contributed by atoms with Crippen molar-refractivity contribution < 1.29 is 4.79 Å². The third kappa shape index (κ3) is 3.89. The molecule has 5 rings (SSSR count). The fraction of sp³-hybridized carbons (Fsp3) is 0.429. The molecule has 2 aliphatic rings. The molecule has 160 valence electrons. The molecule has 2 atom stereocenters. The number of aromatic nitrogens is 4. The van der Waals surface area contributed by atoms with Crippen LogP contribution < -0.4 is 5.32 Å². The molecule has 3 aromatic rings. The van der Waals surface area contributed by atoms with Gasteiger partial charge in [-0.2, -0.15) is 0 Å². The number of carbonyl (C=O) groups is 1. The fourth-order valence-electron chi connectivity index (χ4n) is 4.59. The molecular formula is C21H26Cl2N6O. The molecule has 0 spiro atoms. The zero-order chi connectivity index (χ0) is 19.1. The Kier molecular flexibility index (Phi) is 6.95. The van der Waals surface area contributed by atoms with E-state index in [1.165, 1.54) is 0 Å². The molecule has 9 heteroatoms. The van der Waals surface area contributed by atoms with Crippen molar-refractivity contribution in [3.05, 3.63) is 47.9 Å². The second kappa shape index (κ2) is 9.29. The maximum Gasteiger partial charge on any atom is 0.276 e. The van der Waals surface area contributed by atoms with Crippen LogP contribution in [-0.2, 0) is 0 Å². The molecular weight excluding hydrogens is 423 g/mol. The van der Waals surface area contributed by atoms with Gasteiger partial charge in [0.15, 0.2) is 5.69 Å². The summed E-state index contributed by atoms with van der Waals surface area (Å²) in [6.07, 6.45) is 3.89. The van der Waals surface area contributed by atoms with Gasteiger partial charge in [0.1, 0.15) is 0 Å². The molecule has 1 aromatic carbocycles. The van der Waals surface area contributed by atoms with Crippen LogP contribution in [0, 0.1) is 18.8 Å². The van der Waals surface area contributed by atoms with E-state index in [2.05, 4.69) is 20.6 Å². The first-order valence-electron chi connectivity index (χ1n) is 9.99. The van der Waals surface area contributed by atoms with Gasteiger partial charge in [0.05, 0.1) is 16.9 Å². The average molecular weight is 449 g/mol. The molecule has 2 aliphatic heterocycles. The largest absolute Gasteiger partial charge is 0.337 e. The predicted octanol–water partition coefficient (Wildman–Crippen LogP) is 3.04. The normalized spacial score (nSPS) is 20.8. The molecule has 0 bridgehead atoms. The van der Waals surface area contributed by atoms with Crippen LogP contribution in [0.5, 0.6) is 0 Å². The monoisotopic (exact) mass is 448 g/mol. The van der Waals surface area contributed by atoms with Crippen LogP contribution >= 0.6 is 24.8 Å². The minimum Gasteiger partial charge on any atom is -0.337 e. The first-order chi connectivity index (χ1) is 13.7. The Bertz CT molecular complexity index is 1020. The summed E-state index contributed by atoms with van der Waals surface area (Å²) in [5.41, 5.74) is 2.90. The number of amides is 1. The third-order valence-corrected chi connectivity index (χ3v) is 6.24. The Balaban J connectivity index is 0.00000128. The summed E-state index contributed by atoms with van der Waals surface area (Å²) in [6, 6.07) is 9.90. The van der Waals surface area contributed by atoms with E-state index < -0.39 is 0 Å². The molecule has 7 nitrogen and oxygen atoms in total. The third-order valence-electron chi connectivity index (χ3n) is 6.24. The number of nitrogens with zero attached hydrogens (tertiary/aromatic N) is 5. The lowest BCUT2D eigenvalue weighted by atomic mass is 9.92. The summed E-state index contributed by atoms with van der Waals surface area (Å²) in [6.45, 7) is 5.66. The first kappa shape index (κ1) is 22.5. The van der Waals surface area contributed by atoms with Crippen molar-refractivity contribution in [2.24, 2.45) is 11.8 Å². The van der Waals surface area contributed by atoms with Crippen molar-refractivity contribution in [2.75, 3.05) is 26.2 Å². The number of pyridine rings is 1. The predicted molar refractivity (Wildman–Crippen MR) is 121 cm³/mol. The summed E-state index contributed by atoms with van der Waals surface area (Å²) < 4.78 is 1.74. The Morgan fingerprint density at radius 1 is 1.07 bits per heavy atom. The number of benzene rings is 1. The Hall–Kier alpha value is -2.22. The number of para-hydroxylation sites is 1. The Morgan fingerprint density at radius 2 is 1.77 bits per heavy atom. The molecule has 1 amide bonds. The number of fused-ring (bicyclic) bond motifs is 2. The van der Waals surface area contributed by atoms with E-state index >= 15 is 0 Å². The summed E-state index contributed by atoms with van der Waals surface area (Å²) >= 11 is 0. The van der Waals surface area contributed by atoms with Gasteiger partial charge in [-0.3, -0.25) is 9.78 Å². The molecule has 1 N–H and O–H groups in total. The van der Waals surface area contributed by atoms with E-state index in [1.54, 1.807) is 10.9 Å². The van der Waals surface area contributed by atoms with E-state index in [9.17, 15) is 4.79 Å². The smallest absolute Gasteiger partial charge is 0.276 e. The summed E-state index contributed by atoms with van der Waals surface area (Å²) in [5.74, 6) is 1.37. The van der Waals surface area contributed by atoms with Crippen molar-refractivity contribution in [1.82, 2.24) is 30.2 Å². The number of hydrogen-bond donors (Lipinski definition) is 1. The molecule has 2 fully saturated rings. The molecule has 4 heterocycles. The number of rotatable bonds is 2. The highest BCUT2D eigenvalue weighted by molar-refractivity contribution is 5.94. The van der Waals surface area contributed by atoms with Gasteiger partial charge in [-0.1, -0.05) is 23.4 Å². The maximum atomic E-state index is 13.2. The molecule has 2 saturated heterocycles. The number of likely N-dealkylation sites (tertiary alicyclic amines) is 1. The van der Waals surface area contributed by atoms with Gasteiger partial charge in [-0.25, -0.2) is 4.68 Å². The maximum absolute atomic E-state index is 13.2. The fourth-order valence-corrected chi connectivity index (χ4v) is 4.59. The number of hydrogen-bond acceptors (Lipinski definition) is 5. The van der Waals surface area contributed by atoms with E-state index in [-0.39, 0.29) is 30.7 Å². The van der Waals surface area contributed by atoms with Crippen LogP contribution in [0.15, 0.2) is 36.5 Å². The summed E-state index contributed by atoms with van der Waals surface area (Å²) in [4.78, 5) is 19.6. The van der Waals surface area contributed by atoms with E-state index in [0.29, 0.717) is 17.5 Å². The zero-order valence-electron chi connectivity index (χ0n) is 16.8. The van der Waals surface area contributed by atoms with Gasteiger partial charge >= 0.3 is 0 Å². The van der Waals surface area contributed by atoms with Crippen LogP contribution in [0.25, 0.3) is 16.6 Å². The Labute approximate surface area is 188 Å². The average Bonchev–Trinajstić information content (AvgIpc) is 3.28. The van der Waals surface area contributed by atoms with Crippen LogP contribution in [0.1, 0.15) is 29.0 Å². The van der Waals surface area contributed by atoms with Crippen LogP contribution in [0.4, 0.5) is 0 Å². The topological polar surface area (TPSA) is 75.9 Å². The lowest BCUT2D eigenvalue weighted by Crippen LogP contribution is -2.33. The van der Waals surface area contributed by atoms with E-state index in [0.717, 1.165) is 61.3 Å². The molecule has 0 radical (unpaired) electrons. The molecule has 2 aromatic heterocycles. The van der Waals surface area contributed by atoms with Crippen LogP contribution in [0.3, 0.4) is 0 Å². The quantitative estimate of drug-likeness (QED) is 0.651. The van der Waals surface area contributed by atoms with Crippen molar-refractivity contribution in [3.63, 3.8) is 0 Å². The highest BCUT2D eigenvalue weighted by atomic mass is 35.5. The zero-order valence-corrected chi connectivity index (χ0v) is 18.5. The SMILES string of the molecule is Cc1c(C(=O)N2CC[C@@H]3CNC[C@@H]3CC2)nnn1-c1cccc2cccnc12.Cl.Cl. The van der Waals surface area contributed by atoms with Gasteiger partial charge in [0.2, 0.25) is 0 Å². The second-order valence-corrected chi connectivity index (χ2v) is 7.84. The van der Waals surface area contributed by atoms with Crippen LogP contribution in [0.2, 0.25) is 0 Å². The van der Waals surface area contributed by atoms with Crippen molar-refractivity contribution >= 4 is 41.6 Å². The van der Waals surface area contributed by atoms with Crippen molar-refractivity contribution in [1.29, 1.82) is 0 Å². The highest BCUT2D eigenvalue weighted by Gasteiger charge is 2.33. The number of nitrogens with one attached hydrogen (secondary N) is 1. The Morgan fingerprint density at radius 3 is 2.50 bits per heavy atom. The van der Waals surface area contributed by atoms with E-state index in [1.807, 2.05) is 42.2 Å². The lowest BCUT2D eigenvalue weighted by molar-refractivity contribution is 0.0751. The van der Waals surface area contributed by atoms with Crippen molar-refractivity contribution in [3.8, 4) is 5.69 Å². The van der Waals surface area contributed by atoms with E-state index in [4.69, 9.17) is 0 Å². The van der Waals surface area contributed by atoms with Crippen molar-refractivity contribution in [2.45, 2.75) is 19.8 Å². The summed E-state index contributed by atoms with van der Waals surface area (Å²) in [5, 5.41) is 13.1. The highest BCUT2D eigenvalue weighted by Crippen LogP contribution is 2.28. The molecule has 30 heavy (non-hydrogen) atoms. The molecule has 0 saturated carbocycles. The molecule has 0 aliphatic carbocycles. The van der Waals surface area contributed by atoms with Gasteiger partial charge in [0, 0.05) is 24.7 Å². The van der Waals surface area contributed by atoms with Crippen LogP contribution in [-0.4, -0.2) is 57.0 Å². The number of carbonyl (C=O) groups excluding carboxylic acids is 1. The van der Waals surface area contributed by atoms with Gasteiger partial charge in [0.25, 0.3) is 5.91 Å². The molecule has 0 unspecified atom stereocenters. The van der Waals surface area contributed by atoms with Gasteiger partial charge < -0.3 is 10.2 Å².